The first-order chi connectivity index (χ1) is 9.60. The number of aliphatic hydroxyl groups excluding tert-OH is 1. The van der Waals surface area contributed by atoms with Gasteiger partial charge in [0.15, 0.2) is 0 Å². The van der Waals surface area contributed by atoms with Gasteiger partial charge in [0.25, 0.3) is 0 Å². The summed E-state index contributed by atoms with van der Waals surface area (Å²) in [4.78, 5) is 23.8. The highest BCUT2D eigenvalue weighted by atomic mass is 16.6. The van der Waals surface area contributed by atoms with Gasteiger partial charge in [-0.1, -0.05) is 0 Å². The lowest BCUT2D eigenvalue weighted by atomic mass is 9.95. The number of aliphatic hydroxyl groups is 1. The third-order valence-electron chi connectivity index (χ3n) is 3.52. The standard InChI is InChI=1S/C12H18N4O4/c17-7-4-10-2-1-5-14(8-10)12(18)9-15-6-3-11(13-15)16(19)20/h3,6,10,17H,1-2,4-5,7-9H2. The van der Waals surface area contributed by atoms with Crippen molar-refractivity contribution in [2.75, 3.05) is 19.7 Å². The fraction of sp³-hybridized carbons (Fsp3) is 0.667. The summed E-state index contributed by atoms with van der Waals surface area (Å²) >= 11 is 0. The molecule has 1 aromatic rings. The Morgan fingerprint density at radius 1 is 1.60 bits per heavy atom. The Kier molecular flexibility index (Phi) is 4.67. The Hall–Kier alpha value is -1.96. The fourth-order valence-corrected chi connectivity index (χ4v) is 2.48. The Morgan fingerprint density at radius 3 is 3.05 bits per heavy atom. The fourth-order valence-electron chi connectivity index (χ4n) is 2.48. The van der Waals surface area contributed by atoms with E-state index in [0.29, 0.717) is 25.4 Å². The predicted octanol–water partition coefficient (Wildman–Crippen LogP) is 0.412. The molecule has 1 fully saturated rings. The Labute approximate surface area is 116 Å². The highest BCUT2D eigenvalue weighted by molar-refractivity contribution is 5.76. The van der Waals surface area contributed by atoms with Gasteiger partial charge in [-0.05, 0) is 30.1 Å². The van der Waals surface area contributed by atoms with Crippen molar-refractivity contribution < 1.29 is 14.8 Å². The Morgan fingerprint density at radius 2 is 2.40 bits per heavy atom. The van der Waals surface area contributed by atoms with E-state index in [0.717, 1.165) is 12.8 Å². The smallest absolute Gasteiger partial charge is 0.389 e. The zero-order valence-corrected chi connectivity index (χ0v) is 11.1. The van der Waals surface area contributed by atoms with Crippen molar-refractivity contribution in [3.05, 3.63) is 22.4 Å². The first-order valence-corrected chi connectivity index (χ1v) is 6.66. The third-order valence-corrected chi connectivity index (χ3v) is 3.52. The van der Waals surface area contributed by atoms with E-state index in [9.17, 15) is 14.9 Å². The highest BCUT2D eigenvalue weighted by Gasteiger charge is 2.24. The maximum Gasteiger partial charge on any atom is 0.389 e. The van der Waals surface area contributed by atoms with Gasteiger partial charge in [-0.2, -0.15) is 4.68 Å². The van der Waals surface area contributed by atoms with E-state index in [1.54, 1.807) is 4.90 Å². The average molecular weight is 282 g/mol. The second kappa shape index (κ2) is 6.47. The molecule has 110 valence electrons. The summed E-state index contributed by atoms with van der Waals surface area (Å²) in [6.07, 6.45) is 4.09. The van der Waals surface area contributed by atoms with Gasteiger partial charge in [0.2, 0.25) is 5.91 Å². The van der Waals surface area contributed by atoms with Crippen LogP contribution in [0.5, 0.6) is 0 Å². The second-order valence-corrected chi connectivity index (χ2v) is 4.99. The number of piperidine rings is 1. The van der Waals surface area contributed by atoms with Gasteiger partial charge in [-0.3, -0.25) is 4.79 Å². The van der Waals surface area contributed by atoms with Gasteiger partial charge < -0.3 is 20.1 Å². The molecular formula is C12H18N4O4. The molecule has 8 nitrogen and oxygen atoms in total. The van der Waals surface area contributed by atoms with Crippen LogP contribution in [0, 0.1) is 16.0 Å². The Balaban J connectivity index is 1.91. The molecule has 0 spiro atoms. The van der Waals surface area contributed by atoms with Gasteiger partial charge in [0.1, 0.15) is 6.54 Å². The lowest BCUT2D eigenvalue weighted by Gasteiger charge is -2.32. The molecule has 0 bridgehead atoms. The molecule has 0 saturated carbocycles. The monoisotopic (exact) mass is 282 g/mol. The molecule has 0 radical (unpaired) electrons. The first kappa shape index (κ1) is 14.4. The maximum absolute atomic E-state index is 12.1. The van der Waals surface area contributed by atoms with Crippen molar-refractivity contribution in [3.63, 3.8) is 0 Å². The average Bonchev–Trinajstić information content (AvgIpc) is 2.88. The number of carbonyl (C=O) groups is 1. The van der Waals surface area contributed by atoms with Crippen LogP contribution in [0.15, 0.2) is 12.3 Å². The zero-order chi connectivity index (χ0) is 14.5. The van der Waals surface area contributed by atoms with Crippen LogP contribution < -0.4 is 0 Å². The summed E-state index contributed by atoms with van der Waals surface area (Å²) in [5.41, 5.74) is 0. The normalized spacial score (nSPS) is 19.1. The number of hydrogen-bond donors (Lipinski definition) is 1. The minimum atomic E-state index is -0.584. The van der Waals surface area contributed by atoms with Gasteiger partial charge in [0, 0.05) is 19.7 Å². The van der Waals surface area contributed by atoms with E-state index in [-0.39, 0.29) is 24.9 Å². The van der Waals surface area contributed by atoms with E-state index in [1.807, 2.05) is 0 Å². The Bertz CT molecular complexity index is 486. The summed E-state index contributed by atoms with van der Waals surface area (Å²) in [6.45, 7) is 1.49. The molecule has 1 atom stereocenters. The van der Waals surface area contributed by atoms with Gasteiger partial charge in [-0.15, -0.1) is 0 Å². The summed E-state index contributed by atoms with van der Waals surface area (Å²) < 4.78 is 1.29. The molecule has 1 aromatic heterocycles. The quantitative estimate of drug-likeness (QED) is 0.622. The zero-order valence-electron chi connectivity index (χ0n) is 11.1. The van der Waals surface area contributed by atoms with Gasteiger partial charge in [0.05, 0.1) is 17.4 Å². The van der Waals surface area contributed by atoms with Crippen LogP contribution in [0.1, 0.15) is 19.3 Å². The van der Waals surface area contributed by atoms with Crippen molar-refractivity contribution in [1.29, 1.82) is 0 Å². The van der Waals surface area contributed by atoms with Gasteiger partial charge >= 0.3 is 5.82 Å². The van der Waals surface area contributed by atoms with E-state index in [1.165, 1.54) is 16.9 Å². The summed E-state index contributed by atoms with van der Waals surface area (Å²) in [6, 6.07) is 1.28. The molecule has 1 aliphatic heterocycles. The van der Waals surface area contributed by atoms with E-state index >= 15 is 0 Å². The lowest BCUT2D eigenvalue weighted by Crippen LogP contribution is -2.41. The minimum Gasteiger partial charge on any atom is -0.396 e. The number of amides is 1. The summed E-state index contributed by atoms with van der Waals surface area (Å²) in [5.74, 6) is -0.00936. The number of carbonyl (C=O) groups excluding carboxylic acids is 1. The molecule has 0 aliphatic carbocycles. The van der Waals surface area contributed by atoms with E-state index in [2.05, 4.69) is 5.10 Å². The number of nitro groups is 1. The minimum absolute atomic E-state index is 0.0136. The van der Waals surface area contributed by atoms with Crippen LogP contribution in [-0.4, -0.2) is 50.3 Å². The van der Waals surface area contributed by atoms with Crippen molar-refractivity contribution in [2.45, 2.75) is 25.8 Å². The molecule has 2 rings (SSSR count). The first-order valence-electron chi connectivity index (χ1n) is 6.66. The number of nitrogens with zero attached hydrogens (tertiary/aromatic N) is 4. The van der Waals surface area contributed by atoms with Crippen LogP contribution in [0.2, 0.25) is 0 Å². The number of likely N-dealkylation sites (tertiary alicyclic amines) is 1. The van der Waals surface area contributed by atoms with Crippen molar-refractivity contribution in [1.82, 2.24) is 14.7 Å². The van der Waals surface area contributed by atoms with Crippen molar-refractivity contribution in [3.8, 4) is 0 Å². The molecule has 1 unspecified atom stereocenters. The van der Waals surface area contributed by atoms with Gasteiger partial charge in [-0.25, -0.2) is 0 Å². The largest absolute Gasteiger partial charge is 0.396 e. The highest BCUT2D eigenvalue weighted by Crippen LogP contribution is 2.19. The molecule has 0 aromatic carbocycles. The number of rotatable bonds is 5. The van der Waals surface area contributed by atoms with Crippen LogP contribution in [0.4, 0.5) is 5.82 Å². The van der Waals surface area contributed by atoms with Crippen LogP contribution in [-0.2, 0) is 11.3 Å². The molecular weight excluding hydrogens is 264 g/mol. The van der Waals surface area contributed by atoms with Crippen LogP contribution in [0.3, 0.4) is 0 Å². The van der Waals surface area contributed by atoms with Crippen LogP contribution >= 0.6 is 0 Å². The van der Waals surface area contributed by atoms with E-state index in [4.69, 9.17) is 5.11 Å². The molecule has 1 aliphatic rings. The lowest BCUT2D eigenvalue weighted by molar-refractivity contribution is -0.389. The number of aromatic nitrogens is 2. The second-order valence-electron chi connectivity index (χ2n) is 4.99. The molecule has 8 heteroatoms. The van der Waals surface area contributed by atoms with Crippen LogP contribution in [0.25, 0.3) is 0 Å². The number of hydrogen-bond acceptors (Lipinski definition) is 5. The molecule has 1 N–H and O–H groups in total. The third kappa shape index (κ3) is 3.53. The predicted molar refractivity (Wildman–Crippen MR) is 69.9 cm³/mol. The van der Waals surface area contributed by atoms with E-state index < -0.39 is 4.92 Å². The summed E-state index contributed by atoms with van der Waals surface area (Å²) in [5, 5.41) is 23.2. The van der Waals surface area contributed by atoms with Crippen molar-refractivity contribution >= 4 is 11.7 Å². The summed E-state index contributed by atoms with van der Waals surface area (Å²) in [7, 11) is 0. The molecule has 1 amide bonds. The maximum atomic E-state index is 12.1. The topological polar surface area (TPSA) is 102 Å². The molecule has 1 saturated heterocycles. The SMILES string of the molecule is O=C(Cn1ccc([N+](=O)[O-])n1)N1CCCC(CCO)C1. The molecule has 20 heavy (non-hydrogen) atoms. The van der Waals surface area contributed by atoms with Crippen molar-refractivity contribution in [2.24, 2.45) is 5.92 Å². The molecule has 2 heterocycles.